The summed E-state index contributed by atoms with van der Waals surface area (Å²) in [5, 5.41) is 6.29. The number of pyridine rings is 2. The lowest BCUT2D eigenvalue weighted by molar-refractivity contribution is -0.120. The first-order valence-electron chi connectivity index (χ1n) is 12.6. The van der Waals surface area contributed by atoms with Crippen LogP contribution in [-0.2, 0) is 17.8 Å². The van der Waals surface area contributed by atoms with Crippen molar-refractivity contribution in [2.24, 2.45) is 0 Å². The number of anilines is 1. The van der Waals surface area contributed by atoms with Gasteiger partial charge in [0.25, 0.3) is 5.91 Å². The molecule has 0 aliphatic carbocycles. The van der Waals surface area contributed by atoms with E-state index in [1.807, 2.05) is 19.1 Å². The molecule has 3 aromatic rings. The third kappa shape index (κ3) is 5.33. The van der Waals surface area contributed by atoms with Crippen LogP contribution in [0.25, 0.3) is 22.3 Å². The van der Waals surface area contributed by atoms with Gasteiger partial charge < -0.3 is 20.9 Å². The molecule has 1 saturated heterocycles. The minimum atomic E-state index is -0.534. The molecule has 9 nitrogen and oxygen atoms in total. The Kier molecular flexibility index (Phi) is 8.14. The minimum absolute atomic E-state index is 0.0595. The molecular formula is C27H33ClN6O3. The van der Waals surface area contributed by atoms with Gasteiger partial charge in [-0.05, 0) is 56.6 Å². The van der Waals surface area contributed by atoms with Gasteiger partial charge in [-0.2, -0.15) is 0 Å². The van der Waals surface area contributed by atoms with Crippen molar-refractivity contribution in [3.05, 3.63) is 56.7 Å². The number of likely N-dealkylation sites (N-methyl/N-ethyl adjacent to an activating group) is 1. The fraction of sp³-hybridized carbons (Fsp3) is 0.407. The molecule has 3 heterocycles. The first kappa shape index (κ1) is 26.6. The number of aromatic nitrogens is 2. The molecule has 4 rings (SSSR count). The third-order valence-electron chi connectivity index (χ3n) is 7.06. The number of nitrogen functional groups attached to an aromatic ring is 1. The number of nitrogens with two attached hydrogens (primary N) is 1. The largest absolute Gasteiger partial charge is 0.384 e. The van der Waals surface area contributed by atoms with Gasteiger partial charge in [-0.25, -0.2) is 4.98 Å². The molecule has 196 valence electrons. The number of likely N-dealkylation sites (tertiary alicyclic amines) is 1. The second-order valence-corrected chi connectivity index (χ2v) is 9.60. The van der Waals surface area contributed by atoms with Crippen molar-refractivity contribution in [3.8, 4) is 11.3 Å². The highest BCUT2D eigenvalue weighted by molar-refractivity contribution is 6.31. The van der Waals surface area contributed by atoms with E-state index < -0.39 is 11.3 Å². The summed E-state index contributed by atoms with van der Waals surface area (Å²) in [4.78, 5) is 44.9. The van der Waals surface area contributed by atoms with Crippen LogP contribution in [0.15, 0.2) is 35.1 Å². The highest BCUT2D eigenvalue weighted by Gasteiger charge is 2.24. The van der Waals surface area contributed by atoms with Crippen molar-refractivity contribution in [1.82, 2.24) is 25.1 Å². The Bertz CT molecular complexity index is 1400. The smallest absolute Gasteiger partial charge is 0.258 e. The number of carbonyl (C=O) groups is 2. The molecule has 1 aromatic carbocycles. The molecule has 2 amide bonds. The zero-order valence-electron chi connectivity index (χ0n) is 21.4. The number of fused-ring (bicyclic) bond motifs is 1. The first-order valence-corrected chi connectivity index (χ1v) is 13.0. The van der Waals surface area contributed by atoms with Crippen molar-refractivity contribution in [2.45, 2.75) is 45.7 Å². The number of hydrogen-bond donors (Lipinski definition) is 3. The van der Waals surface area contributed by atoms with E-state index in [1.54, 1.807) is 22.8 Å². The highest BCUT2D eigenvalue weighted by atomic mass is 35.5. The van der Waals surface area contributed by atoms with Gasteiger partial charge in [-0.15, -0.1) is 0 Å². The summed E-state index contributed by atoms with van der Waals surface area (Å²) in [5.74, 6) is -0.521. The zero-order chi connectivity index (χ0) is 26.7. The Labute approximate surface area is 221 Å². The van der Waals surface area contributed by atoms with Gasteiger partial charge in [0.1, 0.15) is 17.0 Å². The lowest BCUT2D eigenvalue weighted by Crippen LogP contribution is -2.40. The van der Waals surface area contributed by atoms with Crippen molar-refractivity contribution < 1.29 is 9.59 Å². The van der Waals surface area contributed by atoms with E-state index in [-0.39, 0.29) is 23.7 Å². The molecule has 0 spiro atoms. The number of hydrogen-bond acceptors (Lipinski definition) is 6. The lowest BCUT2D eigenvalue weighted by atomic mass is 10.0. The average molecular weight is 525 g/mol. The van der Waals surface area contributed by atoms with E-state index in [2.05, 4.69) is 22.5 Å². The van der Waals surface area contributed by atoms with Gasteiger partial charge in [0.2, 0.25) is 11.3 Å². The van der Waals surface area contributed by atoms with E-state index in [9.17, 15) is 14.4 Å². The summed E-state index contributed by atoms with van der Waals surface area (Å²) in [6, 6.07) is 9.21. The van der Waals surface area contributed by atoms with Crippen LogP contribution in [0, 0.1) is 0 Å². The number of halogens is 1. The zero-order valence-corrected chi connectivity index (χ0v) is 22.2. The van der Waals surface area contributed by atoms with Gasteiger partial charge >= 0.3 is 0 Å². The topological polar surface area (TPSA) is 122 Å². The fourth-order valence-electron chi connectivity index (χ4n) is 5.02. The average Bonchev–Trinajstić information content (AvgIpc) is 3.36. The van der Waals surface area contributed by atoms with E-state index in [0.717, 1.165) is 30.6 Å². The molecular weight excluding hydrogens is 492 g/mol. The molecule has 1 aliphatic heterocycles. The molecule has 1 aliphatic rings. The number of carbonyl (C=O) groups excluding carboxylic acids is 2. The van der Waals surface area contributed by atoms with Gasteiger partial charge in [0.15, 0.2) is 0 Å². The molecule has 10 heteroatoms. The normalized spacial score (nSPS) is 15.7. The van der Waals surface area contributed by atoms with Gasteiger partial charge in [0, 0.05) is 36.8 Å². The Morgan fingerprint density at radius 2 is 1.97 bits per heavy atom. The molecule has 0 saturated carbocycles. The van der Waals surface area contributed by atoms with Gasteiger partial charge in [-0.1, -0.05) is 30.7 Å². The summed E-state index contributed by atoms with van der Waals surface area (Å²) < 4.78 is 1.65. The van der Waals surface area contributed by atoms with E-state index >= 15 is 0 Å². The fourth-order valence-corrected chi connectivity index (χ4v) is 5.26. The summed E-state index contributed by atoms with van der Waals surface area (Å²) in [6.45, 7) is 7.16. The molecule has 0 bridgehead atoms. The molecule has 4 N–H and O–H groups in total. The van der Waals surface area contributed by atoms with Crippen LogP contribution in [0.4, 0.5) is 5.82 Å². The van der Waals surface area contributed by atoms with E-state index in [4.69, 9.17) is 22.3 Å². The number of benzene rings is 1. The second-order valence-electron chi connectivity index (χ2n) is 9.19. The minimum Gasteiger partial charge on any atom is -0.384 e. The van der Waals surface area contributed by atoms with Crippen LogP contribution in [0.3, 0.4) is 0 Å². The van der Waals surface area contributed by atoms with E-state index in [0.29, 0.717) is 40.9 Å². The number of aryl methyl sites for hydroxylation is 1. The van der Waals surface area contributed by atoms with Crippen molar-refractivity contribution >= 4 is 40.3 Å². The summed E-state index contributed by atoms with van der Waals surface area (Å²) in [5.41, 5.74) is 8.10. The van der Waals surface area contributed by atoms with Crippen molar-refractivity contribution in [1.29, 1.82) is 0 Å². The Balaban J connectivity index is 1.57. The molecule has 1 atom stereocenters. The number of nitrogens with zero attached hydrogens (tertiary/aromatic N) is 3. The summed E-state index contributed by atoms with van der Waals surface area (Å²) >= 11 is 6.56. The monoisotopic (exact) mass is 524 g/mol. The third-order valence-corrected chi connectivity index (χ3v) is 7.41. The predicted molar refractivity (Wildman–Crippen MR) is 147 cm³/mol. The van der Waals surface area contributed by atoms with Crippen LogP contribution in [0.1, 0.15) is 42.6 Å². The van der Waals surface area contributed by atoms with Crippen LogP contribution < -0.4 is 21.8 Å². The number of nitrogens with one attached hydrogen (secondary N) is 2. The Morgan fingerprint density at radius 1 is 1.19 bits per heavy atom. The second kappa shape index (κ2) is 11.3. The molecule has 37 heavy (non-hydrogen) atoms. The number of rotatable bonds is 8. The SMILES string of the molecule is CCN1CCCC1CNC(=O)Cc1ccc(-c2ccc3c(=O)c(C(=O)NC)c(N)n(CC)c3n2)cc1Cl. The summed E-state index contributed by atoms with van der Waals surface area (Å²) in [7, 11) is 1.45. The van der Waals surface area contributed by atoms with Crippen LogP contribution >= 0.6 is 11.6 Å². The maximum Gasteiger partial charge on any atom is 0.258 e. The van der Waals surface area contributed by atoms with Gasteiger partial charge in [-0.3, -0.25) is 19.3 Å². The van der Waals surface area contributed by atoms with Crippen molar-refractivity contribution in [3.63, 3.8) is 0 Å². The molecule has 2 aromatic heterocycles. The van der Waals surface area contributed by atoms with E-state index in [1.165, 1.54) is 13.5 Å². The van der Waals surface area contributed by atoms with Crippen LogP contribution in [-0.4, -0.2) is 59.0 Å². The highest BCUT2D eigenvalue weighted by Crippen LogP contribution is 2.27. The quantitative estimate of drug-likeness (QED) is 0.416. The standard InChI is InChI=1S/C27H33ClN6O3/c1-4-33-12-6-7-18(33)15-31-22(35)14-16-8-9-17(13-20(16)28)21-11-10-19-24(36)23(27(37)30-3)25(29)34(5-2)26(19)32-21/h8-11,13,18H,4-7,12,14-15,29H2,1-3H3,(H,30,37)(H,31,35). The molecule has 1 unspecified atom stereocenters. The van der Waals surface area contributed by atoms with Crippen molar-refractivity contribution in [2.75, 3.05) is 32.4 Å². The number of amides is 2. The van der Waals surface area contributed by atoms with Crippen LogP contribution in [0.5, 0.6) is 0 Å². The molecule has 1 fully saturated rings. The maximum atomic E-state index is 13.0. The van der Waals surface area contributed by atoms with Gasteiger partial charge in [0.05, 0.1) is 17.5 Å². The maximum absolute atomic E-state index is 13.0. The Morgan fingerprint density at radius 3 is 2.65 bits per heavy atom. The summed E-state index contributed by atoms with van der Waals surface area (Å²) in [6.07, 6.45) is 2.46. The van der Waals surface area contributed by atoms with Crippen LogP contribution in [0.2, 0.25) is 5.02 Å². The molecule has 0 radical (unpaired) electrons. The lowest BCUT2D eigenvalue weighted by Gasteiger charge is -2.22. The predicted octanol–water partition coefficient (Wildman–Crippen LogP) is 2.82. The first-order chi connectivity index (χ1) is 17.8. The Hall–Kier alpha value is -3.43.